The van der Waals surface area contributed by atoms with E-state index in [2.05, 4.69) is 48.5 Å². The van der Waals surface area contributed by atoms with Crippen LogP contribution in [0.5, 0.6) is 0 Å². The molecule has 132 valence electrons. The van der Waals surface area contributed by atoms with E-state index in [-0.39, 0.29) is 29.3 Å². The predicted octanol–water partition coefficient (Wildman–Crippen LogP) is 2.39. The van der Waals surface area contributed by atoms with Crippen molar-refractivity contribution in [2.45, 2.75) is 0 Å². The van der Waals surface area contributed by atoms with Crippen LogP contribution in [0.15, 0.2) is 91.0 Å². The first kappa shape index (κ1) is 21.3. The van der Waals surface area contributed by atoms with E-state index in [1.54, 1.807) is 18.2 Å². The van der Waals surface area contributed by atoms with E-state index in [0.717, 1.165) is 0 Å². The number of rotatable bonds is 3. The molecule has 1 radical (unpaired) electrons. The second kappa shape index (κ2) is 11.0. The summed E-state index contributed by atoms with van der Waals surface area (Å²) in [6, 6.07) is 28.7. The standard InChI is InChI=1S/C6H9O3P.2C6H5.Cu.I/c7-10(8,9)6-4-2-1-3-5-6;2*1-2-4-6-5-3-1;;/h1-5,7-10H;2*1-5H;;. The molecule has 0 heterocycles. The van der Waals surface area contributed by atoms with E-state index in [1.165, 1.54) is 21.1 Å². The molecule has 0 unspecified atom stereocenters. The quantitative estimate of drug-likeness (QED) is 0.292. The Balaban J connectivity index is 0.000000238. The van der Waals surface area contributed by atoms with Crippen LogP contribution in [-0.2, 0) is 15.0 Å². The van der Waals surface area contributed by atoms with Crippen molar-refractivity contribution in [2.24, 2.45) is 0 Å². The van der Waals surface area contributed by atoms with Gasteiger partial charge in [-0.15, -0.1) is 0 Å². The zero-order chi connectivity index (χ0) is 16.5. The van der Waals surface area contributed by atoms with E-state index in [9.17, 15) is 0 Å². The molecule has 3 rings (SSSR count). The van der Waals surface area contributed by atoms with Gasteiger partial charge in [0.2, 0.25) is 0 Å². The average Bonchev–Trinajstić information content (AvgIpc) is 2.57. The van der Waals surface area contributed by atoms with Crippen LogP contribution in [0.1, 0.15) is 0 Å². The van der Waals surface area contributed by atoms with Gasteiger partial charge in [0.25, 0.3) is 0 Å². The number of benzene rings is 3. The molecule has 0 amide bonds. The van der Waals surface area contributed by atoms with Gasteiger partial charge in [0.05, 0.1) is 0 Å². The van der Waals surface area contributed by atoms with Gasteiger partial charge in [-0.05, 0) is 0 Å². The summed E-state index contributed by atoms with van der Waals surface area (Å²) in [5, 5.41) is 0.204. The van der Waals surface area contributed by atoms with Gasteiger partial charge in [-0.1, -0.05) is 0 Å². The molecule has 0 aliphatic heterocycles. The number of hydrogen-bond donors (Lipinski definition) is 3. The maximum absolute atomic E-state index is 8.74. The topological polar surface area (TPSA) is 60.7 Å². The van der Waals surface area contributed by atoms with Crippen molar-refractivity contribution >= 4 is 46.1 Å². The Morgan fingerprint density at radius 1 is 0.542 bits per heavy atom. The molecular weight excluding hydrogens is 486 g/mol. The molecule has 3 aromatic carbocycles. The van der Waals surface area contributed by atoms with Crippen LogP contribution in [-0.4, -0.2) is 14.7 Å². The zero-order valence-corrected chi connectivity index (χ0v) is 16.8. The van der Waals surface area contributed by atoms with Gasteiger partial charge >= 0.3 is 143 Å². The van der Waals surface area contributed by atoms with Crippen molar-refractivity contribution in [1.82, 2.24) is 0 Å². The molecule has 3 N–H and O–H groups in total. The third-order valence-corrected chi connectivity index (χ3v) is 5.03. The summed E-state index contributed by atoms with van der Waals surface area (Å²) in [4.78, 5) is 26.2. The molecular formula is C18H19CuIO3P. The Morgan fingerprint density at radius 2 is 0.875 bits per heavy atom. The average molecular weight is 505 g/mol. The predicted molar refractivity (Wildman–Crippen MR) is 107 cm³/mol. The van der Waals surface area contributed by atoms with Crippen molar-refractivity contribution in [3.8, 4) is 0 Å². The third-order valence-electron chi connectivity index (χ3n) is 2.75. The minimum atomic E-state index is -4.03. The molecule has 0 aromatic heterocycles. The third kappa shape index (κ3) is 7.86. The van der Waals surface area contributed by atoms with Crippen molar-refractivity contribution in [2.75, 3.05) is 0 Å². The molecule has 3 aromatic rings. The second-order valence-corrected chi connectivity index (χ2v) is 7.75. The number of halogens is 1. The summed E-state index contributed by atoms with van der Waals surface area (Å²) >= 11 is 1.88. The maximum atomic E-state index is 8.74. The van der Waals surface area contributed by atoms with Crippen LogP contribution < -0.4 is 14.2 Å². The van der Waals surface area contributed by atoms with Crippen LogP contribution in [0, 0.1) is 0 Å². The summed E-state index contributed by atoms with van der Waals surface area (Å²) in [6.45, 7) is 0. The van der Waals surface area contributed by atoms with Gasteiger partial charge in [-0.25, -0.2) is 0 Å². The molecule has 0 spiro atoms. The SMILES string of the molecule is O[PH](O)(O)c1ccccc1.[I].c1cc[c]([Cu][c]2ccccc2)cc1. The summed E-state index contributed by atoms with van der Waals surface area (Å²) in [5.41, 5.74) is 0. The monoisotopic (exact) mass is 504 g/mol. The molecule has 0 saturated heterocycles. The Hall–Kier alpha value is -0.781. The van der Waals surface area contributed by atoms with Crippen LogP contribution in [0.4, 0.5) is 0 Å². The van der Waals surface area contributed by atoms with Crippen molar-refractivity contribution in [3.05, 3.63) is 91.0 Å². The van der Waals surface area contributed by atoms with E-state index < -0.39 is 7.94 Å². The van der Waals surface area contributed by atoms with Crippen molar-refractivity contribution in [1.29, 1.82) is 0 Å². The van der Waals surface area contributed by atoms with Crippen LogP contribution in [0.2, 0.25) is 0 Å². The first-order chi connectivity index (χ1) is 11.1. The fraction of sp³-hybridized carbons (Fsp3) is 0. The van der Waals surface area contributed by atoms with E-state index in [0.29, 0.717) is 0 Å². The second-order valence-electron chi connectivity index (χ2n) is 4.58. The Morgan fingerprint density at radius 3 is 1.17 bits per heavy atom. The molecule has 0 atom stereocenters. The summed E-state index contributed by atoms with van der Waals surface area (Å²) < 4.78 is 2.55. The zero-order valence-electron chi connectivity index (χ0n) is 12.7. The molecule has 0 aliphatic carbocycles. The Kier molecular flexibility index (Phi) is 9.71. The molecule has 0 fully saturated rings. The fourth-order valence-electron chi connectivity index (χ4n) is 1.66. The van der Waals surface area contributed by atoms with Crippen molar-refractivity contribution in [3.63, 3.8) is 0 Å². The summed E-state index contributed by atoms with van der Waals surface area (Å²) in [5.74, 6) is 0. The normalized spacial score (nSPS) is 11.0. The molecule has 24 heavy (non-hydrogen) atoms. The molecule has 6 heteroatoms. The fourth-order valence-corrected chi connectivity index (χ4v) is 3.29. The van der Waals surface area contributed by atoms with E-state index in [1.807, 2.05) is 27.1 Å². The minimum absolute atomic E-state index is 0. The van der Waals surface area contributed by atoms with Gasteiger partial charge in [-0.3, -0.25) is 0 Å². The van der Waals surface area contributed by atoms with Gasteiger partial charge in [-0.2, -0.15) is 0 Å². The van der Waals surface area contributed by atoms with E-state index >= 15 is 0 Å². The van der Waals surface area contributed by atoms with Gasteiger partial charge in [0, 0.05) is 24.0 Å². The molecule has 0 bridgehead atoms. The number of hydrogen-bond acceptors (Lipinski definition) is 3. The van der Waals surface area contributed by atoms with Crippen LogP contribution in [0.3, 0.4) is 0 Å². The van der Waals surface area contributed by atoms with Gasteiger partial charge in [0.1, 0.15) is 0 Å². The van der Waals surface area contributed by atoms with Crippen molar-refractivity contribution < 1.29 is 29.6 Å². The molecule has 3 nitrogen and oxygen atoms in total. The molecule has 0 aliphatic rings. The molecule has 0 saturated carbocycles. The first-order valence-electron chi connectivity index (χ1n) is 6.95. The summed E-state index contributed by atoms with van der Waals surface area (Å²) in [7, 11) is -4.03. The van der Waals surface area contributed by atoms with E-state index in [4.69, 9.17) is 14.7 Å². The Bertz CT molecular complexity index is 654. The Labute approximate surface area is 166 Å². The summed E-state index contributed by atoms with van der Waals surface area (Å²) in [6.07, 6.45) is 0. The van der Waals surface area contributed by atoms with Crippen LogP contribution in [0.25, 0.3) is 0 Å². The van der Waals surface area contributed by atoms with Gasteiger partial charge in [0.15, 0.2) is 0 Å². The van der Waals surface area contributed by atoms with Gasteiger partial charge < -0.3 is 0 Å². The van der Waals surface area contributed by atoms with Crippen LogP contribution >= 0.6 is 31.9 Å². The first-order valence-corrected chi connectivity index (χ1v) is 9.74.